The Morgan fingerprint density at radius 3 is 2.30 bits per heavy atom. The van der Waals surface area contributed by atoms with Crippen LogP contribution >= 0.6 is 0 Å². The normalized spacial score (nSPS) is 19.7. The second-order valence-corrected chi connectivity index (χ2v) is 15.6. The Morgan fingerprint density at radius 1 is 0.804 bits per heavy atom. The van der Waals surface area contributed by atoms with Crippen molar-refractivity contribution in [1.29, 1.82) is 0 Å². The van der Waals surface area contributed by atoms with E-state index in [1.54, 1.807) is 0 Å². The number of piperazine rings is 1. The molecule has 14 heteroatoms. The van der Waals surface area contributed by atoms with Crippen molar-refractivity contribution in [3.05, 3.63) is 84.1 Å². The summed E-state index contributed by atoms with van der Waals surface area (Å²) < 4.78 is 17.5. The number of piperidine rings is 2. The average Bonchev–Trinajstić information content (AvgIpc) is 3.73. The Kier molecular flexibility index (Phi) is 9.15. The molecular formula is C42H44FN9O4. The van der Waals surface area contributed by atoms with Crippen molar-refractivity contribution in [3.8, 4) is 5.82 Å². The van der Waals surface area contributed by atoms with Crippen molar-refractivity contribution in [2.75, 3.05) is 74.6 Å². The van der Waals surface area contributed by atoms with Crippen LogP contribution in [0.3, 0.4) is 0 Å². The molecule has 4 amide bonds. The third kappa shape index (κ3) is 6.41. The monoisotopic (exact) mass is 757 g/mol. The summed E-state index contributed by atoms with van der Waals surface area (Å²) in [6.07, 6.45) is 9.33. The summed E-state index contributed by atoms with van der Waals surface area (Å²) in [4.78, 5) is 69.8. The Labute approximate surface area is 323 Å². The van der Waals surface area contributed by atoms with Gasteiger partial charge in [0.2, 0.25) is 11.8 Å². The second kappa shape index (κ2) is 14.3. The smallest absolute Gasteiger partial charge is 0.262 e. The van der Waals surface area contributed by atoms with E-state index in [4.69, 9.17) is 9.97 Å². The number of benzene rings is 2. The van der Waals surface area contributed by atoms with Gasteiger partial charge in [-0.1, -0.05) is 12.1 Å². The van der Waals surface area contributed by atoms with E-state index in [1.807, 2.05) is 17.3 Å². The van der Waals surface area contributed by atoms with Crippen molar-refractivity contribution in [2.45, 2.75) is 38.1 Å². The second-order valence-electron chi connectivity index (χ2n) is 15.6. The summed E-state index contributed by atoms with van der Waals surface area (Å²) in [6, 6.07) is 14.2. The minimum Gasteiger partial charge on any atom is -0.377 e. The van der Waals surface area contributed by atoms with E-state index in [2.05, 4.69) is 81.3 Å². The number of hydrogen-bond donors (Lipinski definition) is 1. The number of aromatic nitrogens is 3. The molecule has 0 aliphatic carbocycles. The van der Waals surface area contributed by atoms with Gasteiger partial charge in [-0.15, -0.1) is 0 Å². The molecule has 13 nitrogen and oxygen atoms in total. The van der Waals surface area contributed by atoms with Gasteiger partial charge in [-0.2, -0.15) is 0 Å². The van der Waals surface area contributed by atoms with Crippen LogP contribution in [0.5, 0.6) is 0 Å². The van der Waals surface area contributed by atoms with Crippen LogP contribution in [0, 0.1) is 11.7 Å². The highest BCUT2D eigenvalue weighted by atomic mass is 19.1. The number of carbonyl (C=O) groups excluding carboxylic acids is 4. The van der Waals surface area contributed by atoms with E-state index in [9.17, 15) is 19.2 Å². The quantitative estimate of drug-likeness (QED) is 0.225. The van der Waals surface area contributed by atoms with Crippen LogP contribution in [0.2, 0.25) is 0 Å². The molecule has 0 bridgehead atoms. The van der Waals surface area contributed by atoms with E-state index in [1.165, 1.54) is 6.07 Å². The Balaban J connectivity index is 0.776. The maximum absolute atomic E-state index is 15.4. The van der Waals surface area contributed by atoms with Gasteiger partial charge in [-0.05, 0) is 74.5 Å². The summed E-state index contributed by atoms with van der Waals surface area (Å²) in [6.45, 7) is 5.59. The summed E-state index contributed by atoms with van der Waals surface area (Å²) in [5, 5.41) is 5.59. The molecule has 9 rings (SSSR count). The van der Waals surface area contributed by atoms with Crippen LogP contribution in [0.15, 0.2) is 67.1 Å². The van der Waals surface area contributed by atoms with Gasteiger partial charge in [-0.3, -0.25) is 38.9 Å². The van der Waals surface area contributed by atoms with Gasteiger partial charge in [0.05, 0.1) is 28.5 Å². The minimum absolute atomic E-state index is 0.0296. The van der Waals surface area contributed by atoms with Gasteiger partial charge in [-0.25, -0.2) is 14.4 Å². The maximum atomic E-state index is 15.4. The molecule has 3 saturated heterocycles. The molecule has 3 aromatic heterocycles. The molecule has 3 fully saturated rings. The van der Waals surface area contributed by atoms with Crippen LogP contribution in [0.25, 0.3) is 27.5 Å². The van der Waals surface area contributed by atoms with Gasteiger partial charge < -0.3 is 14.7 Å². The summed E-state index contributed by atoms with van der Waals surface area (Å²) in [5.74, 6) is -0.550. The van der Waals surface area contributed by atoms with Crippen molar-refractivity contribution in [1.82, 2.24) is 29.7 Å². The van der Waals surface area contributed by atoms with Gasteiger partial charge in [0.15, 0.2) is 0 Å². The lowest BCUT2D eigenvalue weighted by Crippen LogP contribution is -2.54. The van der Waals surface area contributed by atoms with Gasteiger partial charge in [0.1, 0.15) is 23.5 Å². The Hall–Kier alpha value is -5.89. The Morgan fingerprint density at radius 2 is 1.55 bits per heavy atom. The fourth-order valence-electron chi connectivity index (χ4n) is 8.81. The summed E-state index contributed by atoms with van der Waals surface area (Å²) in [5.41, 5.74) is 2.51. The molecule has 1 N–H and O–H groups in total. The van der Waals surface area contributed by atoms with Crippen molar-refractivity contribution >= 4 is 62.5 Å². The highest BCUT2D eigenvalue weighted by Gasteiger charge is 2.45. The molecule has 1 atom stereocenters. The molecule has 1 unspecified atom stereocenters. The SMILES string of the molecule is CN(C)c1cccc2cnc(-n3ccc4cc(N5CCC(CCN6CCN(c7cc8c(cc7F)C(=O)N(C7CCC(=O)NC7=O)C8=O)CC6)CC5)ncc43)cc12. The summed E-state index contributed by atoms with van der Waals surface area (Å²) in [7, 11) is 4.11. The molecule has 4 aliphatic rings. The third-order valence-electron chi connectivity index (χ3n) is 12.0. The number of amides is 4. The van der Waals surface area contributed by atoms with Crippen LogP contribution in [-0.2, 0) is 9.59 Å². The van der Waals surface area contributed by atoms with Gasteiger partial charge in [0.25, 0.3) is 11.8 Å². The molecular weight excluding hydrogens is 714 g/mol. The number of halogens is 1. The zero-order valence-electron chi connectivity index (χ0n) is 31.6. The van der Waals surface area contributed by atoms with Crippen LogP contribution in [-0.4, -0.2) is 114 Å². The minimum atomic E-state index is -1.08. The number of imide groups is 2. The zero-order chi connectivity index (χ0) is 38.7. The van der Waals surface area contributed by atoms with Crippen LogP contribution < -0.4 is 20.0 Å². The number of rotatable bonds is 8. The molecule has 56 heavy (non-hydrogen) atoms. The standard InChI is InChI=1S/C42H44FN9O4/c1-47(2)33-5-3-4-28-24-44-38(23-29(28)33)51-15-11-27-20-37(45-25-36(27)51)50-13-9-26(10-14-50)8-12-48-16-18-49(19-17-48)35-22-31-30(21-32(35)43)41(55)52(42(31)56)34-6-7-39(53)46-40(34)54/h3-5,11,15,20-26,34H,6-10,12-14,16-19H2,1-2H3,(H,46,53,54). The van der Waals surface area contributed by atoms with Crippen molar-refractivity contribution < 1.29 is 23.6 Å². The first-order valence-electron chi connectivity index (χ1n) is 19.4. The molecule has 5 aromatic rings. The number of hydrogen-bond acceptors (Lipinski definition) is 10. The van der Waals surface area contributed by atoms with Crippen LogP contribution in [0.4, 0.5) is 21.6 Å². The van der Waals surface area contributed by atoms with E-state index in [0.29, 0.717) is 19.0 Å². The van der Waals surface area contributed by atoms with Crippen molar-refractivity contribution in [3.63, 3.8) is 0 Å². The molecule has 7 heterocycles. The zero-order valence-corrected chi connectivity index (χ0v) is 31.6. The first-order valence-corrected chi connectivity index (χ1v) is 19.4. The van der Waals surface area contributed by atoms with E-state index < -0.39 is 35.5 Å². The first-order chi connectivity index (χ1) is 27.1. The van der Waals surface area contributed by atoms with E-state index in [-0.39, 0.29) is 29.7 Å². The van der Waals surface area contributed by atoms with Gasteiger partial charge >= 0.3 is 0 Å². The lowest BCUT2D eigenvalue weighted by Gasteiger charge is -2.38. The molecule has 4 aliphatic heterocycles. The Bertz CT molecular complexity index is 2400. The van der Waals surface area contributed by atoms with Crippen molar-refractivity contribution in [2.24, 2.45) is 5.92 Å². The number of nitrogens with zero attached hydrogens (tertiary/aromatic N) is 8. The number of pyridine rings is 2. The predicted molar refractivity (Wildman–Crippen MR) is 212 cm³/mol. The highest BCUT2D eigenvalue weighted by Crippen LogP contribution is 2.34. The van der Waals surface area contributed by atoms with E-state index >= 15 is 4.39 Å². The van der Waals surface area contributed by atoms with Gasteiger partial charge in [0, 0.05) is 94.0 Å². The highest BCUT2D eigenvalue weighted by molar-refractivity contribution is 6.23. The maximum Gasteiger partial charge on any atom is 0.262 e. The fourth-order valence-corrected chi connectivity index (χ4v) is 8.81. The fraction of sp³-hybridized carbons (Fsp3) is 0.381. The number of nitrogens with one attached hydrogen (secondary N) is 1. The molecule has 2 aromatic carbocycles. The molecule has 0 spiro atoms. The summed E-state index contributed by atoms with van der Waals surface area (Å²) >= 11 is 0. The topological polar surface area (TPSA) is 127 Å². The number of carbonyl (C=O) groups is 4. The molecule has 0 radical (unpaired) electrons. The first kappa shape index (κ1) is 35.8. The lowest BCUT2D eigenvalue weighted by molar-refractivity contribution is -0.136. The number of fused-ring (bicyclic) bond motifs is 3. The molecule has 0 saturated carbocycles. The number of anilines is 3. The largest absolute Gasteiger partial charge is 0.377 e. The van der Waals surface area contributed by atoms with Crippen LogP contribution in [0.1, 0.15) is 52.8 Å². The average molecular weight is 758 g/mol. The third-order valence-corrected chi connectivity index (χ3v) is 12.0. The predicted octanol–water partition coefficient (Wildman–Crippen LogP) is 4.61. The lowest BCUT2D eigenvalue weighted by atomic mass is 9.93. The molecule has 288 valence electrons. The van der Waals surface area contributed by atoms with E-state index in [0.717, 1.165) is 102 Å².